The van der Waals surface area contributed by atoms with Crippen LogP contribution in [0.25, 0.3) is 0 Å². The Balaban J connectivity index is 2.83. The minimum atomic E-state index is -0.188. The summed E-state index contributed by atoms with van der Waals surface area (Å²) in [6, 6.07) is 0. The fraction of sp³-hybridized carbons (Fsp3) is 1.00. The molecule has 2 nitrogen and oxygen atoms in total. The average molecular weight is 162 g/mol. The van der Waals surface area contributed by atoms with Crippen molar-refractivity contribution in [1.29, 1.82) is 0 Å². The Morgan fingerprint density at radius 1 is 1.40 bits per heavy atom. The van der Waals surface area contributed by atoms with Gasteiger partial charge < -0.3 is 0 Å². The van der Waals surface area contributed by atoms with Crippen LogP contribution in [-0.2, 0) is 9.09 Å². The van der Waals surface area contributed by atoms with Crippen LogP contribution in [-0.4, -0.2) is 6.61 Å². The first-order valence-electron chi connectivity index (χ1n) is 3.72. The summed E-state index contributed by atoms with van der Waals surface area (Å²) in [7, 11) is -0.188. The molecule has 60 valence electrons. The van der Waals surface area contributed by atoms with Gasteiger partial charge in [0.05, 0.1) is 6.61 Å². The van der Waals surface area contributed by atoms with Crippen LogP contribution >= 0.6 is 8.69 Å². The van der Waals surface area contributed by atoms with Gasteiger partial charge in [0.15, 0.2) is 0 Å². The van der Waals surface area contributed by atoms with Crippen molar-refractivity contribution >= 4 is 8.69 Å². The van der Waals surface area contributed by atoms with Gasteiger partial charge in [0.2, 0.25) is 0 Å². The second-order valence-corrected chi connectivity index (χ2v) is 3.20. The molecule has 0 aromatic heterocycles. The number of hydrogen-bond donors (Lipinski definition) is 0. The Bertz CT molecular complexity index is 83.7. The highest BCUT2D eigenvalue weighted by molar-refractivity contribution is 7.17. The molecular formula is C7H15O2P. The summed E-state index contributed by atoms with van der Waals surface area (Å²) in [5, 5.41) is 0. The monoisotopic (exact) mass is 162 g/mol. The van der Waals surface area contributed by atoms with E-state index in [1.807, 2.05) is 0 Å². The van der Waals surface area contributed by atoms with E-state index in [2.05, 4.69) is 18.4 Å². The van der Waals surface area contributed by atoms with Crippen molar-refractivity contribution in [1.82, 2.24) is 0 Å². The van der Waals surface area contributed by atoms with Crippen LogP contribution in [0.2, 0.25) is 0 Å². The number of rotatable bonds is 6. The normalized spacial score (nSPS) is 11.1. The second-order valence-electron chi connectivity index (χ2n) is 2.80. The maximum absolute atomic E-state index is 9.78. The summed E-state index contributed by atoms with van der Waals surface area (Å²) in [5.41, 5.74) is 0. The Hall–Kier alpha value is 0.0600. The van der Waals surface area contributed by atoms with Crippen LogP contribution in [0.3, 0.4) is 0 Å². The van der Waals surface area contributed by atoms with Gasteiger partial charge in [0.1, 0.15) is 0 Å². The zero-order valence-corrected chi connectivity index (χ0v) is 7.56. The van der Waals surface area contributed by atoms with Crippen molar-refractivity contribution in [3.8, 4) is 0 Å². The minimum Gasteiger partial charge on any atom is -0.294 e. The third-order valence-electron chi connectivity index (χ3n) is 1.32. The fourth-order valence-electron chi connectivity index (χ4n) is 0.756. The molecule has 0 unspecified atom stereocenters. The smallest absolute Gasteiger partial charge is 0.294 e. The van der Waals surface area contributed by atoms with Gasteiger partial charge in [0.25, 0.3) is 0 Å². The highest BCUT2D eigenvalue weighted by atomic mass is 31.1. The van der Waals surface area contributed by atoms with E-state index < -0.39 is 0 Å². The van der Waals surface area contributed by atoms with E-state index in [9.17, 15) is 4.57 Å². The molecule has 0 radical (unpaired) electrons. The first-order chi connectivity index (χ1) is 4.77. The topological polar surface area (TPSA) is 26.3 Å². The highest BCUT2D eigenvalue weighted by Gasteiger charge is 1.93. The van der Waals surface area contributed by atoms with E-state index in [1.54, 1.807) is 0 Å². The predicted octanol–water partition coefficient (Wildman–Crippen LogP) is 3.04. The van der Waals surface area contributed by atoms with Gasteiger partial charge in [-0.2, -0.15) is 0 Å². The molecule has 0 aromatic rings. The van der Waals surface area contributed by atoms with Crippen LogP contribution in [0.4, 0.5) is 0 Å². The third kappa shape index (κ3) is 8.06. The molecular weight excluding hydrogens is 147 g/mol. The molecule has 0 fully saturated rings. The molecule has 0 aliphatic carbocycles. The average Bonchev–Trinajstić information content (AvgIpc) is 1.87. The lowest BCUT2D eigenvalue weighted by Gasteiger charge is -2.01. The van der Waals surface area contributed by atoms with Crippen molar-refractivity contribution in [2.45, 2.75) is 33.1 Å². The van der Waals surface area contributed by atoms with Crippen LogP contribution in [0, 0.1) is 5.92 Å². The standard InChI is InChI=1S/C7H15O2P/c1-7(2)5-3-4-6-9-10-8/h7H,3-6H2,1-2H3. The molecule has 3 heteroatoms. The lowest BCUT2D eigenvalue weighted by molar-refractivity contribution is 0.324. The maximum atomic E-state index is 9.78. The van der Waals surface area contributed by atoms with Crippen molar-refractivity contribution in [3.05, 3.63) is 0 Å². The molecule has 0 N–H and O–H groups in total. The largest absolute Gasteiger partial charge is 0.327 e. The van der Waals surface area contributed by atoms with Crippen LogP contribution in [0.15, 0.2) is 0 Å². The Kier molecular flexibility index (Phi) is 7.21. The summed E-state index contributed by atoms with van der Waals surface area (Å²) in [5.74, 6) is 0.768. The van der Waals surface area contributed by atoms with Gasteiger partial charge in [-0.1, -0.05) is 26.7 Å². The van der Waals surface area contributed by atoms with Gasteiger partial charge in [-0.3, -0.25) is 4.52 Å². The third-order valence-corrected chi connectivity index (χ3v) is 1.61. The van der Waals surface area contributed by atoms with E-state index in [0.717, 1.165) is 12.3 Å². The quantitative estimate of drug-likeness (QED) is 0.443. The summed E-state index contributed by atoms with van der Waals surface area (Å²) in [6.45, 7) is 5.02. The van der Waals surface area contributed by atoms with Gasteiger partial charge in [0, 0.05) is 0 Å². The van der Waals surface area contributed by atoms with Crippen molar-refractivity contribution in [3.63, 3.8) is 0 Å². The summed E-state index contributed by atoms with van der Waals surface area (Å²) >= 11 is 0. The molecule has 0 amide bonds. The fourth-order valence-corrected chi connectivity index (χ4v) is 0.960. The molecule has 0 atom stereocenters. The van der Waals surface area contributed by atoms with E-state index >= 15 is 0 Å². The van der Waals surface area contributed by atoms with E-state index in [4.69, 9.17) is 0 Å². The van der Waals surface area contributed by atoms with Crippen LogP contribution < -0.4 is 0 Å². The van der Waals surface area contributed by atoms with Crippen molar-refractivity contribution in [2.75, 3.05) is 6.61 Å². The highest BCUT2D eigenvalue weighted by Crippen LogP contribution is 2.07. The van der Waals surface area contributed by atoms with Gasteiger partial charge in [-0.15, -0.1) is 0 Å². The Morgan fingerprint density at radius 2 is 2.10 bits per heavy atom. The van der Waals surface area contributed by atoms with Crippen LogP contribution in [0.1, 0.15) is 33.1 Å². The first-order valence-corrected chi connectivity index (χ1v) is 4.45. The lowest BCUT2D eigenvalue weighted by atomic mass is 10.1. The molecule has 0 aliphatic rings. The second kappa shape index (κ2) is 7.17. The van der Waals surface area contributed by atoms with Gasteiger partial charge in [-0.25, -0.2) is 4.57 Å². The molecule has 10 heavy (non-hydrogen) atoms. The summed E-state index contributed by atoms with van der Waals surface area (Å²) < 4.78 is 14.4. The lowest BCUT2D eigenvalue weighted by Crippen LogP contribution is -1.89. The van der Waals surface area contributed by atoms with Crippen molar-refractivity contribution < 1.29 is 9.09 Å². The maximum Gasteiger partial charge on any atom is 0.327 e. The molecule has 0 saturated carbocycles. The van der Waals surface area contributed by atoms with E-state index in [-0.39, 0.29) is 8.69 Å². The summed E-state index contributed by atoms with van der Waals surface area (Å²) in [4.78, 5) is 0. The van der Waals surface area contributed by atoms with E-state index in [0.29, 0.717) is 6.61 Å². The van der Waals surface area contributed by atoms with Gasteiger partial charge >= 0.3 is 8.69 Å². The molecule has 0 spiro atoms. The Labute approximate surface area is 64.2 Å². The zero-order valence-electron chi connectivity index (χ0n) is 6.67. The van der Waals surface area contributed by atoms with Gasteiger partial charge in [-0.05, 0) is 12.3 Å². The van der Waals surface area contributed by atoms with E-state index in [1.165, 1.54) is 12.8 Å². The first kappa shape index (κ1) is 10.1. The molecule has 0 rings (SSSR count). The minimum absolute atomic E-state index is 0.188. The number of hydrogen-bond acceptors (Lipinski definition) is 2. The molecule has 0 aliphatic heterocycles. The predicted molar refractivity (Wildman–Crippen MR) is 42.2 cm³/mol. The molecule has 0 bridgehead atoms. The summed E-state index contributed by atoms with van der Waals surface area (Å²) in [6.07, 6.45) is 3.43. The number of unbranched alkanes of at least 4 members (excludes halogenated alkanes) is 1. The Morgan fingerprint density at radius 3 is 2.60 bits per heavy atom. The van der Waals surface area contributed by atoms with Crippen LogP contribution in [0.5, 0.6) is 0 Å². The van der Waals surface area contributed by atoms with Crippen molar-refractivity contribution in [2.24, 2.45) is 5.92 Å². The molecule has 0 saturated heterocycles. The zero-order chi connectivity index (χ0) is 7.82. The SMILES string of the molecule is CC(C)CCCCOP=O. The molecule has 0 heterocycles. The molecule has 0 aromatic carbocycles.